The highest BCUT2D eigenvalue weighted by atomic mass is 32.2. The number of carbonyl (C=O) groups is 1. The summed E-state index contributed by atoms with van der Waals surface area (Å²) >= 11 is 2.71. The fraction of sp³-hybridized carbons (Fsp3) is 0.167. The number of carbonyl (C=O) groups excluding carboxylic acids is 1. The number of nitrogens with zero attached hydrogens (tertiary/aromatic N) is 3. The number of halogens is 1. The molecule has 1 aromatic heterocycles. The molecule has 0 fully saturated rings. The van der Waals surface area contributed by atoms with Gasteiger partial charge in [0.15, 0.2) is 4.34 Å². The normalized spacial score (nSPS) is 10.5. The fourth-order valence-corrected chi connectivity index (χ4v) is 3.88. The Kier molecular flexibility index (Phi) is 6.19. The van der Waals surface area contributed by atoms with Crippen LogP contribution in [0.15, 0.2) is 58.9 Å². The van der Waals surface area contributed by atoms with Crippen LogP contribution < -0.4 is 5.32 Å². The Labute approximate surface area is 159 Å². The highest BCUT2D eigenvalue weighted by Gasteiger charge is 2.14. The minimum absolute atomic E-state index is 0.0916. The lowest BCUT2D eigenvalue weighted by Crippen LogP contribution is -2.28. The van der Waals surface area contributed by atoms with Gasteiger partial charge in [0, 0.05) is 24.8 Å². The summed E-state index contributed by atoms with van der Waals surface area (Å²) in [5, 5.41) is 12.0. The second-order valence-electron chi connectivity index (χ2n) is 5.49. The lowest BCUT2D eigenvalue weighted by molar-refractivity contribution is -0.127. The van der Waals surface area contributed by atoms with Crippen LogP contribution in [0.1, 0.15) is 5.56 Å². The third-order valence-electron chi connectivity index (χ3n) is 3.54. The topological polar surface area (TPSA) is 58.1 Å². The van der Waals surface area contributed by atoms with Gasteiger partial charge in [-0.25, -0.2) is 4.39 Å². The molecule has 0 saturated heterocycles. The first-order valence-corrected chi connectivity index (χ1v) is 9.68. The molecular formula is C18H17FN4OS2. The van der Waals surface area contributed by atoms with Gasteiger partial charge in [0.1, 0.15) is 5.82 Å². The zero-order valence-corrected chi connectivity index (χ0v) is 15.7. The van der Waals surface area contributed by atoms with Crippen LogP contribution in [0.3, 0.4) is 0 Å². The Hall–Kier alpha value is -2.45. The SMILES string of the molecule is CN(Cc1ccccc1F)C(=O)CSc1nnc(Nc2ccccc2)s1. The summed E-state index contributed by atoms with van der Waals surface area (Å²) < 4.78 is 14.4. The Balaban J connectivity index is 1.51. The van der Waals surface area contributed by atoms with E-state index >= 15 is 0 Å². The Morgan fingerprint density at radius 1 is 1.15 bits per heavy atom. The van der Waals surface area contributed by atoms with Gasteiger partial charge in [0.25, 0.3) is 0 Å². The number of anilines is 2. The van der Waals surface area contributed by atoms with Gasteiger partial charge in [0.05, 0.1) is 5.75 Å². The molecular weight excluding hydrogens is 371 g/mol. The number of aromatic nitrogens is 2. The van der Waals surface area contributed by atoms with Crippen molar-refractivity contribution in [2.45, 2.75) is 10.9 Å². The van der Waals surface area contributed by atoms with E-state index in [0.29, 0.717) is 15.0 Å². The van der Waals surface area contributed by atoms with Gasteiger partial charge >= 0.3 is 0 Å². The van der Waals surface area contributed by atoms with Crippen molar-refractivity contribution in [3.63, 3.8) is 0 Å². The first kappa shape index (κ1) is 18.3. The van der Waals surface area contributed by atoms with E-state index in [9.17, 15) is 9.18 Å². The maximum Gasteiger partial charge on any atom is 0.233 e. The number of rotatable bonds is 7. The van der Waals surface area contributed by atoms with E-state index < -0.39 is 0 Å². The summed E-state index contributed by atoms with van der Waals surface area (Å²) in [7, 11) is 1.66. The average Bonchev–Trinajstić information content (AvgIpc) is 3.09. The molecule has 8 heteroatoms. The van der Waals surface area contributed by atoms with Crippen molar-refractivity contribution in [2.75, 3.05) is 18.1 Å². The van der Waals surface area contributed by atoms with Crippen LogP contribution in [0.2, 0.25) is 0 Å². The standard InChI is InChI=1S/C18H17FN4OS2/c1-23(11-13-7-5-6-10-15(13)19)16(24)12-25-18-22-21-17(26-18)20-14-8-3-2-4-9-14/h2-10H,11-12H2,1H3,(H,20,21). The van der Waals surface area contributed by atoms with Gasteiger partial charge in [-0.3, -0.25) is 4.79 Å². The molecule has 0 atom stereocenters. The molecule has 26 heavy (non-hydrogen) atoms. The van der Waals surface area contributed by atoms with Crippen LogP contribution in [0.4, 0.5) is 15.2 Å². The maximum atomic E-state index is 13.7. The number of benzene rings is 2. The summed E-state index contributed by atoms with van der Waals surface area (Å²) in [6, 6.07) is 16.2. The molecule has 1 heterocycles. The Bertz CT molecular complexity index is 872. The predicted octanol–water partition coefficient (Wildman–Crippen LogP) is 4.17. The molecule has 5 nitrogen and oxygen atoms in total. The van der Waals surface area contributed by atoms with Crippen LogP contribution in [0.25, 0.3) is 0 Å². The lowest BCUT2D eigenvalue weighted by Gasteiger charge is -2.17. The van der Waals surface area contributed by atoms with E-state index in [2.05, 4.69) is 15.5 Å². The largest absolute Gasteiger partial charge is 0.341 e. The predicted molar refractivity (Wildman–Crippen MR) is 103 cm³/mol. The van der Waals surface area contributed by atoms with Crippen molar-refractivity contribution in [1.29, 1.82) is 0 Å². The van der Waals surface area contributed by atoms with E-state index in [-0.39, 0.29) is 24.0 Å². The Morgan fingerprint density at radius 2 is 1.88 bits per heavy atom. The summed E-state index contributed by atoms with van der Waals surface area (Å²) in [5.41, 5.74) is 1.43. The Morgan fingerprint density at radius 3 is 2.65 bits per heavy atom. The molecule has 0 aliphatic carbocycles. The number of para-hydroxylation sites is 1. The highest BCUT2D eigenvalue weighted by Crippen LogP contribution is 2.27. The lowest BCUT2D eigenvalue weighted by atomic mass is 10.2. The smallest absolute Gasteiger partial charge is 0.233 e. The molecule has 3 rings (SSSR count). The molecule has 0 bridgehead atoms. The third-order valence-corrected chi connectivity index (χ3v) is 5.50. The number of hydrogen-bond acceptors (Lipinski definition) is 6. The molecule has 1 amide bonds. The molecule has 0 aliphatic rings. The average molecular weight is 388 g/mol. The van der Waals surface area contributed by atoms with E-state index in [1.807, 2.05) is 30.3 Å². The third kappa shape index (κ3) is 5.03. The van der Waals surface area contributed by atoms with Gasteiger partial charge in [-0.05, 0) is 18.2 Å². The zero-order valence-electron chi connectivity index (χ0n) is 14.1. The van der Waals surface area contributed by atoms with Crippen LogP contribution in [-0.4, -0.2) is 33.8 Å². The summed E-state index contributed by atoms with van der Waals surface area (Å²) in [6.45, 7) is 0.239. The van der Waals surface area contributed by atoms with Gasteiger partial charge in [0.2, 0.25) is 11.0 Å². The number of thioether (sulfide) groups is 1. The fourth-order valence-electron chi connectivity index (χ4n) is 2.17. The van der Waals surface area contributed by atoms with Crippen LogP contribution in [0.5, 0.6) is 0 Å². The second kappa shape index (κ2) is 8.77. The molecule has 2 aromatic carbocycles. The molecule has 0 radical (unpaired) electrons. The molecule has 0 saturated carbocycles. The quantitative estimate of drug-likeness (QED) is 0.616. The van der Waals surface area contributed by atoms with Gasteiger partial charge < -0.3 is 10.2 Å². The van der Waals surface area contributed by atoms with Crippen molar-refractivity contribution >= 4 is 39.8 Å². The van der Waals surface area contributed by atoms with E-state index in [1.54, 1.807) is 25.2 Å². The monoisotopic (exact) mass is 388 g/mol. The van der Waals surface area contributed by atoms with Crippen molar-refractivity contribution in [3.8, 4) is 0 Å². The minimum atomic E-state index is -0.305. The van der Waals surface area contributed by atoms with E-state index in [4.69, 9.17) is 0 Å². The molecule has 0 spiro atoms. The summed E-state index contributed by atoms with van der Waals surface area (Å²) in [5.74, 6) is -0.170. The first-order valence-electron chi connectivity index (χ1n) is 7.87. The van der Waals surface area contributed by atoms with Gasteiger partial charge in [-0.2, -0.15) is 0 Å². The molecule has 134 valence electrons. The summed E-state index contributed by atoms with van der Waals surface area (Å²) in [6.07, 6.45) is 0. The molecule has 0 unspecified atom stereocenters. The second-order valence-corrected chi connectivity index (χ2v) is 7.69. The molecule has 3 aromatic rings. The maximum absolute atomic E-state index is 13.7. The van der Waals surface area contributed by atoms with E-state index in [1.165, 1.54) is 34.1 Å². The van der Waals surface area contributed by atoms with Gasteiger partial charge in [-0.15, -0.1) is 10.2 Å². The van der Waals surface area contributed by atoms with Crippen LogP contribution in [-0.2, 0) is 11.3 Å². The highest BCUT2D eigenvalue weighted by molar-refractivity contribution is 8.01. The number of amides is 1. The van der Waals surface area contributed by atoms with Gasteiger partial charge in [-0.1, -0.05) is 59.5 Å². The van der Waals surface area contributed by atoms with Crippen molar-refractivity contribution in [2.24, 2.45) is 0 Å². The van der Waals surface area contributed by atoms with Crippen LogP contribution >= 0.6 is 23.1 Å². The molecule has 1 N–H and O–H groups in total. The first-order chi connectivity index (χ1) is 12.6. The van der Waals surface area contributed by atoms with Crippen LogP contribution in [0, 0.1) is 5.82 Å². The van der Waals surface area contributed by atoms with Crippen molar-refractivity contribution < 1.29 is 9.18 Å². The van der Waals surface area contributed by atoms with E-state index in [0.717, 1.165) is 5.69 Å². The summed E-state index contributed by atoms with van der Waals surface area (Å²) in [4.78, 5) is 13.8. The zero-order chi connectivity index (χ0) is 18.4. The minimum Gasteiger partial charge on any atom is -0.341 e. The van der Waals surface area contributed by atoms with Crippen molar-refractivity contribution in [1.82, 2.24) is 15.1 Å². The molecule has 0 aliphatic heterocycles. The number of hydrogen-bond donors (Lipinski definition) is 1. The number of nitrogens with one attached hydrogen (secondary N) is 1. The van der Waals surface area contributed by atoms with Crippen molar-refractivity contribution in [3.05, 3.63) is 66.0 Å².